The molecule has 0 aliphatic carbocycles. The number of hydrogen-bond donors (Lipinski definition) is 1. The summed E-state index contributed by atoms with van der Waals surface area (Å²) in [5.41, 5.74) is 2.22. The number of hydrogen-bond acceptors (Lipinski definition) is 4. The van der Waals surface area contributed by atoms with E-state index in [-0.39, 0.29) is 24.7 Å². The molecule has 0 atom stereocenters. The molecule has 122 valence electrons. The summed E-state index contributed by atoms with van der Waals surface area (Å²) in [7, 11) is 0. The van der Waals surface area contributed by atoms with Crippen LogP contribution in [0.5, 0.6) is 0 Å². The van der Waals surface area contributed by atoms with Crippen LogP contribution in [0.1, 0.15) is 24.0 Å². The van der Waals surface area contributed by atoms with Gasteiger partial charge in [0.05, 0.1) is 24.7 Å². The van der Waals surface area contributed by atoms with Crippen LogP contribution in [0.25, 0.3) is 0 Å². The second-order valence-electron chi connectivity index (χ2n) is 5.19. The van der Waals surface area contributed by atoms with Crippen molar-refractivity contribution in [3.05, 3.63) is 65.7 Å². The number of amides is 1. The van der Waals surface area contributed by atoms with Crippen LogP contribution >= 0.6 is 0 Å². The number of anilines is 1. The van der Waals surface area contributed by atoms with E-state index >= 15 is 0 Å². The Kier molecular flexibility index (Phi) is 6.54. The average Bonchev–Trinajstić information content (AvgIpc) is 2.61. The third kappa shape index (κ3) is 5.93. The van der Waals surface area contributed by atoms with Crippen molar-refractivity contribution in [3.63, 3.8) is 0 Å². The van der Waals surface area contributed by atoms with E-state index < -0.39 is 0 Å². The zero-order chi connectivity index (χ0) is 17.2. The second kappa shape index (κ2) is 9.11. The molecule has 24 heavy (non-hydrogen) atoms. The largest absolute Gasteiger partial charge is 0.465 e. The summed E-state index contributed by atoms with van der Waals surface area (Å²) < 4.78 is 5.12. The van der Waals surface area contributed by atoms with Crippen molar-refractivity contribution in [2.45, 2.75) is 19.3 Å². The zero-order valence-corrected chi connectivity index (χ0v) is 13.2. The maximum absolute atomic E-state index is 11.8. The molecule has 1 amide bonds. The Labute approximate surface area is 140 Å². The molecule has 0 unspecified atom stereocenters. The molecule has 1 N–H and O–H groups in total. The molecule has 0 aliphatic rings. The third-order valence-corrected chi connectivity index (χ3v) is 3.35. The highest BCUT2D eigenvalue weighted by molar-refractivity contribution is 5.92. The molecule has 0 saturated carbocycles. The van der Waals surface area contributed by atoms with E-state index in [2.05, 4.69) is 5.32 Å². The summed E-state index contributed by atoms with van der Waals surface area (Å²) >= 11 is 0. The maximum Gasteiger partial charge on any atom is 0.306 e. The van der Waals surface area contributed by atoms with Crippen molar-refractivity contribution in [1.82, 2.24) is 0 Å². The van der Waals surface area contributed by atoms with Crippen LogP contribution in [0.2, 0.25) is 0 Å². The number of benzene rings is 2. The van der Waals surface area contributed by atoms with Gasteiger partial charge >= 0.3 is 5.97 Å². The molecule has 0 aliphatic heterocycles. The first kappa shape index (κ1) is 17.2. The lowest BCUT2D eigenvalue weighted by molar-refractivity contribution is -0.144. The van der Waals surface area contributed by atoms with Gasteiger partial charge in [0.2, 0.25) is 5.91 Å². The summed E-state index contributed by atoms with van der Waals surface area (Å²) in [6, 6.07) is 18.3. The van der Waals surface area contributed by atoms with E-state index in [9.17, 15) is 9.59 Å². The van der Waals surface area contributed by atoms with Crippen LogP contribution < -0.4 is 5.32 Å². The minimum atomic E-state index is -0.388. The smallest absolute Gasteiger partial charge is 0.306 e. The van der Waals surface area contributed by atoms with Gasteiger partial charge in [0.1, 0.15) is 0 Å². The SMILES string of the molecule is N#Cc1ccc(NC(=O)CCC(=O)OCCc2ccccc2)cc1. The van der Waals surface area contributed by atoms with Gasteiger partial charge in [0.15, 0.2) is 0 Å². The molecule has 0 saturated heterocycles. The van der Waals surface area contributed by atoms with Gasteiger partial charge in [0.25, 0.3) is 0 Å². The zero-order valence-electron chi connectivity index (χ0n) is 13.2. The molecular weight excluding hydrogens is 304 g/mol. The van der Waals surface area contributed by atoms with Gasteiger partial charge in [-0.05, 0) is 29.8 Å². The number of nitrogens with one attached hydrogen (secondary N) is 1. The third-order valence-electron chi connectivity index (χ3n) is 3.35. The average molecular weight is 322 g/mol. The number of nitriles is 1. The lowest BCUT2D eigenvalue weighted by Gasteiger charge is -2.06. The quantitative estimate of drug-likeness (QED) is 0.795. The first-order chi connectivity index (χ1) is 11.7. The van der Waals surface area contributed by atoms with Gasteiger partial charge in [-0.3, -0.25) is 9.59 Å². The Morgan fingerprint density at radius 3 is 2.38 bits per heavy atom. The van der Waals surface area contributed by atoms with Crippen LogP contribution in [-0.4, -0.2) is 18.5 Å². The molecule has 0 bridgehead atoms. The Morgan fingerprint density at radius 1 is 1.00 bits per heavy atom. The summed E-state index contributed by atoms with van der Waals surface area (Å²) in [5.74, 6) is -0.652. The molecule has 5 nitrogen and oxygen atoms in total. The van der Waals surface area contributed by atoms with Gasteiger partial charge in [-0.2, -0.15) is 5.26 Å². The summed E-state index contributed by atoms with van der Waals surface area (Å²) in [4.78, 5) is 23.4. The topological polar surface area (TPSA) is 79.2 Å². The van der Waals surface area contributed by atoms with Gasteiger partial charge in [-0.1, -0.05) is 30.3 Å². The van der Waals surface area contributed by atoms with Crippen LogP contribution in [0.15, 0.2) is 54.6 Å². The van der Waals surface area contributed by atoms with Crippen molar-refractivity contribution < 1.29 is 14.3 Å². The molecule has 0 heterocycles. The highest BCUT2D eigenvalue weighted by Crippen LogP contribution is 2.09. The van der Waals surface area contributed by atoms with Crippen molar-refractivity contribution >= 4 is 17.6 Å². The van der Waals surface area contributed by atoms with E-state index in [1.54, 1.807) is 24.3 Å². The molecule has 2 rings (SSSR count). The van der Waals surface area contributed by atoms with E-state index in [0.717, 1.165) is 5.56 Å². The fraction of sp³-hybridized carbons (Fsp3) is 0.211. The molecular formula is C19H18N2O3. The second-order valence-corrected chi connectivity index (χ2v) is 5.19. The molecule has 5 heteroatoms. The number of ether oxygens (including phenoxy) is 1. The predicted octanol–water partition coefficient (Wildman–Crippen LogP) is 3.06. The minimum absolute atomic E-state index is 0.0386. The summed E-state index contributed by atoms with van der Waals surface area (Å²) in [6.07, 6.45) is 0.755. The number of carbonyl (C=O) groups excluding carboxylic acids is 2. The lowest BCUT2D eigenvalue weighted by atomic mass is 10.2. The molecule has 0 aromatic heterocycles. The minimum Gasteiger partial charge on any atom is -0.465 e. The highest BCUT2D eigenvalue weighted by Gasteiger charge is 2.08. The Morgan fingerprint density at radius 2 is 1.71 bits per heavy atom. The van der Waals surface area contributed by atoms with Crippen LogP contribution in [0, 0.1) is 11.3 Å². The fourth-order valence-corrected chi connectivity index (χ4v) is 2.07. The van der Waals surface area contributed by atoms with E-state index in [1.807, 2.05) is 36.4 Å². The Hall–Kier alpha value is -3.13. The van der Waals surface area contributed by atoms with E-state index in [4.69, 9.17) is 10.00 Å². The Balaban J connectivity index is 1.65. The van der Waals surface area contributed by atoms with Crippen LogP contribution in [-0.2, 0) is 20.7 Å². The monoisotopic (exact) mass is 322 g/mol. The highest BCUT2D eigenvalue weighted by atomic mass is 16.5. The van der Waals surface area contributed by atoms with E-state index in [1.165, 1.54) is 0 Å². The summed E-state index contributed by atoms with van der Waals surface area (Å²) in [5, 5.41) is 11.4. The molecule has 0 spiro atoms. The fourth-order valence-electron chi connectivity index (χ4n) is 2.07. The van der Waals surface area contributed by atoms with Gasteiger partial charge < -0.3 is 10.1 Å². The number of rotatable bonds is 7. The predicted molar refractivity (Wildman–Crippen MR) is 90.1 cm³/mol. The number of carbonyl (C=O) groups is 2. The van der Waals surface area contributed by atoms with Gasteiger partial charge in [0, 0.05) is 18.5 Å². The molecule has 2 aromatic rings. The van der Waals surface area contributed by atoms with Gasteiger partial charge in [-0.15, -0.1) is 0 Å². The Bertz CT molecular complexity index is 719. The number of nitrogens with zero attached hydrogens (tertiary/aromatic N) is 1. The van der Waals surface area contributed by atoms with Crippen LogP contribution in [0.3, 0.4) is 0 Å². The van der Waals surface area contributed by atoms with Crippen molar-refractivity contribution in [2.24, 2.45) is 0 Å². The van der Waals surface area contributed by atoms with Crippen molar-refractivity contribution in [2.75, 3.05) is 11.9 Å². The number of esters is 1. The van der Waals surface area contributed by atoms with Crippen LogP contribution in [0.4, 0.5) is 5.69 Å². The van der Waals surface area contributed by atoms with Gasteiger partial charge in [-0.25, -0.2) is 0 Å². The van der Waals surface area contributed by atoms with Crippen molar-refractivity contribution in [3.8, 4) is 6.07 Å². The standard InChI is InChI=1S/C19H18N2O3/c20-14-16-6-8-17(9-7-16)21-18(22)10-11-19(23)24-13-12-15-4-2-1-3-5-15/h1-9H,10-13H2,(H,21,22). The first-order valence-corrected chi connectivity index (χ1v) is 7.67. The molecule has 0 fully saturated rings. The maximum atomic E-state index is 11.8. The van der Waals surface area contributed by atoms with Crippen molar-refractivity contribution in [1.29, 1.82) is 5.26 Å². The summed E-state index contributed by atoms with van der Waals surface area (Å²) in [6.45, 7) is 0.306. The normalized spacial score (nSPS) is 9.79. The molecule has 0 radical (unpaired) electrons. The molecule has 2 aromatic carbocycles. The first-order valence-electron chi connectivity index (χ1n) is 7.67. The van der Waals surface area contributed by atoms with E-state index in [0.29, 0.717) is 24.3 Å². The lowest BCUT2D eigenvalue weighted by Crippen LogP contribution is -2.15.